The highest BCUT2D eigenvalue weighted by molar-refractivity contribution is 5.86. The van der Waals surface area contributed by atoms with E-state index >= 15 is 0 Å². The Bertz CT molecular complexity index is 644. The fraction of sp³-hybridized carbons (Fsp3) is 0.500. The van der Waals surface area contributed by atoms with Gasteiger partial charge in [-0.15, -0.1) is 0 Å². The van der Waals surface area contributed by atoms with Gasteiger partial charge in [0.25, 0.3) is 0 Å². The molecule has 2 nitrogen and oxygen atoms in total. The lowest BCUT2D eigenvalue weighted by molar-refractivity contribution is -0.124. The number of benzene rings is 2. The Morgan fingerprint density at radius 2 is 1.83 bits per heavy atom. The van der Waals surface area contributed by atoms with Gasteiger partial charge in [0.15, 0.2) is 0 Å². The lowest BCUT2D eigenvalue weighted by Crippen LogP contribution is -2.34. The predicted molar refractivity (Wildman–Crippen MR) is 103 cm³/mol. The van der Waals surface area contributed by atoms with Crippen molar-refractivity contribution in [3.05, 3.63) is 48.0 Å². The summed E-state index contributed by atoms with van der Waals surface area (Å²) in [5, 5.41) is 5.67. The van der Waals surface area contributed by atoms with Crippen molar-refractivity contribution in [1.29, 1.82) is 0 Å². The predicted octanol–water partition coefficient (Wildman–Crippen LogP) is 5.35. The van der Waals surface area contributed by atoms with Gasteiger partial charge in [-0.3, -0.25) is 4.79 Å². The van der Waals surface area contributed by atoms with Gasteiger partial charge in [0, 0.05) is 12.5 Å². The summed E-state index contributed by atoms with van der Waals surface area (Å²) in [6.07, 6.45) is 5.61. The molecule has 0 bridgehead atoms. The molecule has 0 heterocycles. The number of hydrogen-bond donors (Lipinski definition) is 1. The number of hydrogen-bond acceptors (Lipinski definition) is 1. The van der Waals surface area contributed by atoms with Crippen molar-refractivity contribution in [2.75, 3.05) is 6.54 Å². The number of carbonyl (C=O) groups is 1. The van der Waals surface area contributed by atoms with Crippen LogP contribution in [0.2, 0.25) is 0 Å². The fourth-order valence-electron chi connectivity index (χ4n) is 3.26. The number of nitrogens with one attached hydrogen (secondary N) is 1. The molecule has 0 saturated carbocycles. The standard InChI is InChI=1S/C22H31NO/c1-4-6-10-18(5-2)16-23-22(24)17(3)15-20-13-9-12-19-11-7-8-14-21(19)20/h7-9,11-14,17-18H,4-6,10,15-16H2,1-3H3,(H,23,24). The van der Waals surface area contributed by atoms with Crippen molar-refractivity contribution >= 4 is 16.7 Å². The largest absolute Gasteiger partial charge is 0.356 e. The molecule has 2 aromatic carbocycles. The van der Waals surface area contributed by atoms with Crippen molar-refractivity contribution in [3.8, 4) is 0 Å². The van der Waals surface area contributed by atoms with E-state index in [2.05, 4.69) is 61.6 Å². The highest BCUT2D eigenvalue weighted by atomic mass is 16.1. The SMILES string of the molecule is CCCCC(CC)CNC(=O)C(C)Cc1cccc2ccccc12. The molecule has 0 radical (unpaired) electrons. The second kappa shape index (κ2) is 9.46. The molecule has 0 spiro atoms. The van der Waals surface area contributed by atoms with Crippen LogP contribution < -0.4 is 5.32 Å². The molecule has 0 saturated heterocycles. The first-order chi connectivity index (χ1) is 11.7. The van der Waals surface area contributed by atoms with Crippen LogP contribution in [-0.2, 0) is 11.2 Å². The Labute approximate surface area is 146 Å². The van der Waals surface area contributed by atoms with Crippen LogP contribution in [0.3, 0.4) is 0 Å². The first kappa shape index (κ1) is 18.5. The average molecular weight is 325 g/mol. The molecular weight excluding hydrogens is 294 g/mol. The minimum Gasteiger partial charge on any atom is -0.356 e. The molecule has 2 rings (SSSR count). The Morgan fingerprint density at radius 1 is 1.08 bits per heavy atom. The van der Waals surface area contributed by atoms with Crippen LogP contribution in [0.25, 0.3) is 10.8 Å². The third kappa shape index (κ3) is 5.09. The first-order valence-electron chi connectivity index (χ1n) is 9.40. The second-order valence-corrected chi connectivity index (χ2v) is 6.91. The lowest BCUT2D eigenvalue weighted by Gasteiger charge is -2.18. The summed E-state index contributed by atoms with van der Waals surface area (Å²) >= 11 is 0. The number of rotatable bonds is 9. The monoisotopic (exact) mass is 325 g/mol. The molecular formula is C22H31NO. The molecule has 0 aliphatic heterocycles. The van der Waals surface area contributed by atoms with Crippen molar-refractivity contribution in [1.82, 2.24) is 5.32 Å². The molecule has 2 aromatic rings. The normalized spacial score (nSPS) is 13.6. The molecule has 0 fully saturated rings. The van der Waals surface area contributed by atoms with E-state index in [1.54, 1.807) is 0 Å². The molecule has 0 aromatic heterocycles. The zero-order valence-corrected chi connectivity index (χ0v) is 15.3. The van der Waals surface area contributed by atoms with E-state index in [4.69, 9.17) is 0 Å². The molecule has 1 N–H and O–H groups in total. The van der Waals surface area contributed by atoms with Crippen molar-refractivity contribution < 1.29 is 4.79 Å². The van der Waals surface area contributed by atoms with Gasteiger partial charge in [0.1, 0.15) is 0 Å². The lowest BCUT2D eigenvalue weighted by atomic mass is 9.95. The van der Waals surface area contributed by atoms with Crippen LogP contribution in [0.4, 0.5) is 0 Å². The van der Waals surface area contributed by atoms with Gasteiger partial charge >= 0.3 is 0 Å². The minimum absolute atomic E-state index is 0.000475. The van der Waals surface area contributed by atoms with E-state index < -0.39 is 0 Å². The summed E-state index contributed by atoms with van der Waals surface area (Å²) in [4.78, 5) is 12.5. The van der Waals surface area contributed by atoms with Gasteiger partial charge in [-0.25, -0.2) is 0 Å². The number of unbranched alkanes of at least 4 members (excludes halogenated alkanes) is 1. The summed E-state index contributed by atoms with van der Waals surface area (Å²) in [7, 11) is 0. The van der Waals surface area contributed by atoms with Gasteiger partial charge in [0.05, 0.1) is 0 Å². The highest BCUT2D eigenvalue weighted by Gasteiger charge is 2.16. The smallest absolute Gasteiger partial charge is 0.223 e. The molecule has 1 amide bonds. The van der Waals surface area contributed by atoms with Crippen LogP contribution in [0.15, 0.2) is 42.5 Å². The van der Waals surface area contributed by atoms with Gasteiger partial charge < -0.3 is 5.32 Å². The highest BCUT2D eigenvalue weighted by Crippen LogP contribution is 2.21. The van der Waals surface area contributed by atoms with Crippen molar-refractivity contribution in [2.45, 2.75) is 52.9 Å². The van der Waals surface area contributed by atoms with Crippen LogP contribution >= 0.6 is 0 Å². The summed E-state index contributed by atoms with van der Waals surface area (Å²) in [6.45, 7) is 7.28. The van der Waals surface area contributed by atoms with Gasteiger partial charge in [0.2, 0.25) is 5.91 Å². The van der Waals surface area contributed by atoms with Gasteiger partial charge in [-0.1, -0.05) is 82.5 Å². The quantitative estimate of drug-likeness (QED) is 0.661. The molecule has 130 valence electrons. The number of fused-ring (bicyclic) bond motifs is 1. The maximum absolute atomic E-state index is 12.5. The van der Waals surface area contributed by atoms with Crippen LogP contribution in [0.1, 0.15) is 52.0 Å². The Kier molecular flexibility index (Phi) is 7.30. The van der Waals surface area contributed by atoms with Crippen LogP contribution in [0.5, 0.6) is 0 Å². The van der Waals surface area contributed by atoms with E-state index in [9.17, 15) is 4.79 Å². The third-order valence-electron chi connectivity index (χ3n) is 4.96. The molecule has 0 aliphatic carbocycles. The van der Waals surface area contributed by atoms with Crippen LogP contribution in [-0.4, -0.2) is 12.5 Å². The molecule has 2 heteroatoms. The first-order valence-corrected chi connectivity index (χ1v) is 9.40. The topological polar surface area (TPSA) is 29.1 Å². The summed E-state index contributed by atoms with van der Waals surface area (Å²) in [5.74, 6) is 0.788. The average Bonchev–Trinajstić information content (AvgIpc) is 2.62. The summed E-state index contributed by atoms with van der Waals surface area (Å²) in [5.41, 5.74) is 1.26. The zero-order valence-electron chi connectivity index (χ0n) is 15.3. The summed E-state index contributed by atoms with van der Waals surface area (Å²) in [6, 6.07) is 14.8. The minimum atomic E-state index is -0.000475. The van der Waals surface area contributed by atoms with Crippen molar-refractivity contribution in [3.63, 3.8) is 0 Å². The number of amides is 1. The van der Waals surface area contributed by atoms with Crippen molar-refractivity contribution in [2.24, 2.45) is 11.8 Å². The molecule has 0 aliphatic rings. The molecule has 2 atom stereocenters. The Balaban J connectivity index is 1.93. The Hall–Kier alpha value is -1.83. The van der Waals surface area contributed by atoms with E-state index in [1.165, 1.54) is 35.6 Å². The van der Waals surface area contributed by atoms with E-state index in [0.29, 0.717) is 5.92 Å². The van der Waals surface area contributed by atoms with Crippen LogP contribution in [0, 0.1) is 11.8 Å². The van der Waals surface area contributed by atoms with E-state index in [0.717, 1.165) is 19.4 Å². The maximum Gasteiger partial charge on any atom is 0.223 e. The third-order valence-corrected chi connectivity index (χ3v) is 4.96. The van der Waals surface area contributed by atoms with E-state index in [1.807, 2.05) is 6.92 Å². The second-order valence-electron chi connectivity index (χ2n) is 6.91. The number of carbonyl (C=O) groups excluding carboxylic acids is 1. The molecule has 24 heavy (non-hydrogen) atoms. The van der Waals surface area contributed by atoms with E-state index in [-0.39, 0.29) is 11.8 Å². The zero-order chi connectivity index (χ0) is 17.4. The Morgan fingerprint density at radius 3 is 2.58 bits per heavy atom. The fourth-order valence-corrected chi connectivity index (χ4v) is 3.26. The summed E-state index contributed by atoms with van der Waals surface area (Å²) < 4.78 is 0. The maximum atomic E-state index is 12.5. The molecule has 2 unspecified atom stereocenters. The van der Waals surface area contributed by atoms with Gasteiger partial charge in [-0.05, 0) is 35.1 Å². The van der Waals surface area contributed by atoms with Gasteiger partial charge in [-0.2, -0.15) is 0 Å².